The molecule has 0 radical (unpaired) electrons. The number of rotatable bonds is 4. The second kappa shape index (κ2) is 8.03. The Labute approximate surface area is 161 Å². The van der Waals surface area contributed by atoms with Crippen LogP contribution in [-0.2, 0) is 22.4 Å². The van der Waals surface area contributed by atoms with Crippen LogP contribution in [0, 0.1) is 28.6 Å². The van der Waals surface area contributed by atoms with Gasteiger partial charge in [-0.3, -0.25) is 4.79 Å². The lowest BCUT2D eigenvalue weighted by Gasteiger charge is -2.17. The lowest BCUT2D eigenvalue weighted by atomic mass is 9.89. The number of nitrogens with zero attached hydrogens (tertiary/aromatic N) is 2. The van der Waals surface area contributed by atoms with Gasteiger partial charge in [-0.1, -0.05) is 13.0 Å². The highest BCUT2D eigenvalue weighted by molar-refractivity contribution is 7.16. The summed E-state index contributed by atoms with van der Waals surface area (Å²) in [6, 6.07) is 10.2. The van der Waals surface area contributed by atoms with E-state index in [1.54, 1.807) is 12.1 Å². The predicted octanol–water partition coefficient (Wildman–Crippen LogP) is 3.41. The Morgan fingerprint density at radius 1 is 1.33 bits per heavy atom. The van der Waals surface area contributed by atoms with E-state index >= 15 is 0 Å². The Bertz CT molecular complexity index is 981. The Morgan fingerprint density at radius 3 is 2.89 bits per heavy atom. The lowest BCUT2D eigenvalue weighted by Crippen LogP contribution is -2.21. The number of thiophene rings is 1. The fourth-order valence-corrected chi connectivity index (χ4v) is 4.43. The van der Waals surface area contributed by atoms with Crippen LogP contribution < -0.4 is 5.32 Å². The van der Waals surface area contributed by atoms with Crippen LogP contribution in [0.4, 0.5) is 5.00 Å². The number of fused-ring (bicyclic) bond motifs is 1. The lowest BCUT2D eigenvalue weighted by molar-refractivity contribution is -0.119. The third-order valence-electron chi connectivity index (χ3n) is 4.44. The normalized spacial score (nSPS) is 15.1. The van der Waals surface area contributed by atoms with E-state index in [0.717, 1.165) is 29.7 Å². The monoisotopic (exact) mass is 379 g/mol. The van der Waals surface area contributed by atoms with Crippen molar-refractivity contribution in [3.05, 3.63) is 51.4 Å². The fourth-order valence-electron chi connectivity index (χ4n) is 3.05. The maximum Gasteiger partial charge on any atom is 0.338 e. The molecule has 1 aromatic heterocycles. The molecule has 0 saturated carbocycles. The topological polar surface area (TPSA) is 103 Å². The van der Waals surface area contributed by atoms with E-state index in [-0.39, 0.29) is 5.56 Å². The Balaban J connectivity index is 1.64. The van der Waals surface area contributed by atoms with Gasteiger partial charge in [0.15, 0.2) is 6.61 Å². The van der Waals surface area contributed by atoms with E-state index in [9.17, 15) is 14.9 Å². The van der Waals surface area contributed by atoms with Crippen molar-refractivity contribution in [2.45, 2.75) is 26.2 Å². The molecule has 6 nitrogen and oxygen atoms in total. The van der Waals surface area contributed by atoms with Crippen molar-refractivity contribution in [1.82, 2.24) is 0 Å². The number of nitriles is 2. The Kier molecular flexibility index (Phi) is 5.54. The van der Waals surface area contributed by atoms with Crippen LogP contribution in [0.1, 0.15) is 45.3 Å². The number of hydrogen-bond acceptors (Lipinski definition) is 6. The van der Waals surface area contributed by atoms with Crippen LogP contribution >= 0.6 is 11.3 Å². The molecule has 27 heavy (non-hydrogen) atoms. The summed E-state index contributed by atoms with van der Waals surface area (Å²) in [7, 11) is 0. The molecule has 0 bridgehead atoms. The second-order valence-electron chi connectivity index (χ2n) is 6.48. The minimum absolute atomic E-state index is 0.208. The molecule has 1 amide bonds. The Morgan fingerprint density at radius 2 is 2.15 bits per heavy atom. The van der Waals surface area contributed by atoms with Crippen LogP contribution in [0.25, 0.3) is 0 Å². The number of ether oxygens (including phenoxy) is 1. The number of anilines is 1. The first-order valence-corrected chi connectivity index (χ1v) is 9.35. The number of nitrogens with one attached hydrogen (secondary N) is 1. The standard InChI is InChI=1S/C20H17N3O3S/c1-12-5-6-15-16(10-22)19(27-17(15)7-12)23-18(24)11-26-20(25)14-4-2-3-13(8-14)9-21/h2-4,8,12H,5-7,11H2,1H3,(H,23,24)/t12-/m0/s1. The molecule has 0 saturated heterocycles. The first-order valence-electron chi connectivity index (χ1n) is 8.53. The number of carbonyl (C=O) groups excluding carboxylic acids is 2. The summed E-state index contributed by atoms with van der Waals surface area (Å²) in [5.41, 5.74) is 2.09. The van der Waals surface area contributed by atoms with Gasteiger partial charge in [0.1, 0.15) is 11.1 Å². The van der Waals surface area contributed by atoms with Crippen molar-refractivity contribution in [3.8, 4) is 12.1 Å². The van der Waals surface area contributed by atoms with Gasteiger partial charge in [0.25, 0.3) is 5.91 Å². The molecule has 0 unspecified atom stereocenters. The van der Waals surface area contributed by atoms with Crippen molar-refractivity contribution >= 4 is 28.2 Å². The average molecular weight is 379 g/mol. The van der Waals surface area contributed by atoms with Gasteiger partial charge in [0.2, 0.25) is 0 Å². The molecule has 1 aromatic carbocycles. The molecule has 1 N–H and O–H groups in total. The quantitative estimate of drug-likeness (QED) is 0.820. The molecule has 0 spiro atoms. The van der Waals surface area contributed by atoms with Gasteiger partial charge in [0, 0.05) is 4.88 Å². The third kappa shape index (κ3) is 4.16. The number of benzene rings is 1. The molecular weight excluding hydrogens is 362 g/mol. The summed E-state index contributed by atoms with van der Waals surface area (Å²) in [5.74, 6) is -0.610. The van der Waals surface area contributed by atoms with Gasteiger partial charge in [-0.2, -0.15) is 10.5 Å². The molecule has 1 aliphatic rings. The Hall–Kier alpha value is -3.16. The highest BCUT2D eigenvalue weighted by Crippen LogP contribution is 2.39. The summed E-state index contributed by atoms with van der Waals surface area (Å²) < 4.78 is 5.02. The number of amides is 1. The summed E-state index contributed by atoms with van der Waals surface area (Å²) in [6.45, 7) is 1.72. The summed E-state index contributed by atoms with van der Waals surface area (Å²) in [5, 5.41) is 21.5. The SMILES string of the molecule is C[C@H]1CCc2c(sc(NC(=O)COC(=O)c3cccc(C#N)c3)c2C#N)C1. The summed E-state index contributed by atoms with van der Waals surface area (Å²) in [6.07, 6.45) is 2.79. The molecule has 0 aliphatic heterocycles. The van der Waals surface area contributed by atoms with Crippen molar-refractivity contribution in [1.29, 1.82) is 10.5 Å². The largest absolute Gasteiger partial charge is 0.452 e. The van der Waals surface area contributed by atoms with E-state index in [1.807, 2.05) is 6.07 Å². The predicted molar refractivity (Wildman–Crippen MR) is 100 cm³/mol. The first-order chi connectivity index (χ1) is 13.0. The van der Waals surface area contributed by atoms with Gasteiger partial charge in [-0.05, 0) is 48.9 Å². The zero-order valence-electron chi connectivity index (χ0n) is 14.7. The minimum atomic E-state index is -0.679. The van der Waals surface area contributed by atoms with Gasteiger partial charge in [-0.25, -0.2) is 4.79 Å². The maximum absolute atomic E-state index is 12.2. The van der Waals surface area contributed by atoms with Gasteiger partial charge in [0.05, 0.1) is 22.8 Å². The second-order valence-corrected chi connectivity index (χ2v) is 7.59. The van der Waals surface area contributed by atoms with Crippen LogP contribution in [-0.4, -0.2) is 18.5 Å². The molecule has 7 heteroatoms. The van der Waals surface area contributed by atoms with E-state index in [1.165, 1.54) is 23.5 Å². The first kappa shape index (κ1) is 18.6. The molecular formula is C20H17N3O3S. The van der Waals surface area contributed by atoms with Crippen molar-refractivity contribution < 1.29 is 14.3 Å². The number of carbonyl (C=O) groups is 2. The molecule has 0 fully saturated rings. The fraction of sp³-hybridized carbons (Fsp3) is 0.300. The van der Waals surface area contributed by atoms with Gasteiger partial charge in [-0.15, -0.1) is 11.3 Å². The van der Waals surface area contributed by atoms with Crippen molar-refractivity contribution in [3.63, 3.8) is 0 Å². The van der Waals surface area contributed by atoms with Crippen LogP contribution in [0.3, 0.4) is 0 Å². The zero-order valence-corrected chi connectivity index (χ0v) is 15.6. The van der Waals surface area contributed by atoms with E-state index in [4.69, 9.17) is 10.00 Å². The molecule has 136 valence electrons. The molecule has 1 atom stereocenters. The smallest absolute Gasteiger partial charge is 0.338 e. The summed E-state index contributed by atoms with van der Waals surface area (Å²) in [4.78, 5) is 25.3. The van der Waals surface area contributed by atoms with Gasteiger partial charge < -0.3 is 10.1 Å². The maximum atomic E-state index is 12.2. The van der Waals surface area contributed by atoms with Crippen LogP contribution in [0.5, 0.6) is 0 Å². The highest BCUT2D eigenvalue weighted by Gasteiger charge is 2.24. The summed E-state index contributed by atoms with van der Waals surface area (Å²) >= 11 is 1.42. The molecule has 3 rings (SSSR count). The van der Waals surface area contributed by atoms with Crippen LogP contribution in [0.2, 0.25) is 0 Å². The van der Waals surface area contributed by atoms with E-state index in [2.05, 4.69) is 18.3 Å². The number of esters is 1. The van der Waals surface area contributed by atoms with E-state index in [0.29, 0.717) is 22.0 Å². The third-order valence-corrected chi connectivity index (χ3v) is 5.61. The molecule has 1 heterocycles. The van der Waals surface area contributed by atoms with Crippen molar-refractivity contribution in [2.75, 3.05) is 11.9 Å². The van der Waals surface area contributed by atoms with E-state index < -0.39 is 18.5 Å². The molecule has 1 aliphatic carbocycles. The molecule has 2 aromatic rings. The van der Waals surface area contributed by atoms with Crippen molar-refractivity contribution in [2.24, 2.45) is 5.92 Å². The van der Waals surface area contributed by atoms with Gasteiger partial charge >= 0.3 is 5.97 Å². The van der Waals surface area contributed by atoms with Crippen LogP contribution in [0.15, 0.2) is 24.3 Å². The average Bonchev–Trinajstić information content (AvgIpc) is 3.01. The highest BCUT2D eigenvalue weighted by atomic mass is 32.1. The zero-order chi connectivity index (χ0) is 19.4. The minimum Gasteiger partial charge on any atom is -0.452 e. The number of hydrogen-bond donors (Lipinski definition) is 1.